The average Bonchev–Trinajstić information content (AvgIpc) is 2.81. The summed E-state index contributed by atoms with van der Waals surface area (Å²) in [5.74, 6) is 0.216. The van der Waals surface area contributed by atoms with Gasteiger partial charge in [-0.3, -0.25) is 0 Å². The molecular formula is C13H18ClNO2S. The van der Waals surface area contributed by atoms with Crippen molar-refractivity contribution in [2.45, 2.75) is 30.3 Å². The Morgan fingerprint density at radius 1 is 1.22 bits per heavy atom. The predicted octanol–water partition coefficient (Wildman–Crippen LogP) is 2.38. The SMILES string of the molecule is NCC1CCCC1S(=O)(=O)Cc1ccc(Cl)cc1. The number of sulfone groups is 1. The van der Waals surface area contributed by atoms with Crippen molar-refractivity contribution in [2.24, 2.45) is 11.7 Å². The summed E-state index contributed by atoms with van der Waals surface area (Å²) >= 11 is 5.79. The number of rotatable bonds is 4. The summed E-state index contributed by atoms with van der Waals surface area (Å²) in [7, 11) is -3.11. The van der Waals surface area contributed by atoms with Gasteiger partial charge in [0.15, 0.2) is 9.84 Å². The fourth-order valence-electron chi connectivity index (χ4n) is 2.67. The summed E-state index contributed by atoms with van der Waals surface area (Å²) in [6.45, 7) is 0.463. The molecule has 0 amide bonds. The lowest BCUT2D eigenvalue weighted by Gasteiger charge is -2.18. The summed E-state index contributed by atoms with van der Waals surface area (Å²) in [4.78, 5) is 0. The molecule has 100 valence electrons. The van der Waals surface area contributed by atoms with Gasteiger partial charge < -0.3 is 5.73 Å². The molecule has 1 aliphatic rings. The monoisotopic (exact) mass is 287 g/mol. The van der Waals surface area contributed by atoms with Crippen LogP contribution in [0.25, 0.3) is 0 Å². The summed E-state index contributed by atoms with van der Waals surface area (Å²) in [6.07, 6.45) is 2.64. The molecule has 1 aromatic carbocycles. The van der Waals surface area contributed by atoms with Crippen molar-refractivity contribution >= 4 is 21.4 Å². The Labute approximate surface area is 113 Å². The molecule has 2 N–H and O–H groups in total. The number of hydrogen-bond acceptors (Lipinski definition) is 3. The first-order chi connectivity index (χ1) is 8.53. The van der Waals surface area contributed by atoms with Gasteiger partial charge in [0.1, 0.15) is 0 Å². The van der Waals surface area contributed by atoms with E-state index in [0.717, 1.165) is 24.8 Å². The number of hydrogen-bond donors (Lipinski definition) is 1. The maximum atomic E-state index is 12.4. The van der Waals surface area contributed by atoms with Crippen molar-refractivity contribution in [1.29, 1.82) is 0 Å². The quantitative estimate of drug-likeness (QED) is 0.925. The highest BCUT2D eigenvalue weighted by Gasteiger charge is 2.36. The fraction of sp³-hybridized carbons (Fsp3) is 0.538. The summed E-state index contributed by atoms with van der Waals surface area (Å²) in [6, 6.07) is 6.99. The van der Waals surface area contributed by atoms with Crippen molar-refractivity contribution in [3.8, 4) is 0 Å². The zero-order valence-corrected chi connectivity index (χ0v) is 11.8. The van der Waals surface area contributed by atoms with Gasteiger partial charge in [-0.25, -0.2) is 8.42 Å². The first-order valence-electron chi connectivity index (χ1n) is 6.19. The Morgan fingerprint density at radius 2 is 1.89 bits per heavy atom. The zero-order chi connectivity index (χ0) is 13.2. The summed E-state index contributed by atoms with van der Waals surface area (Å²) in [5, 5.41) is 0.357. The lowest BCUT2D eigenvalue weighted by molar-refractivity contribution is 0.523. The predicted molar refractivity (Wildman–Crippen MR) is 74.3 cm³/mol. The minimum absolute atomic E-state index is 0.0886. The van der Waals surface area contributed by atoms with Gasteiger partial charge >= 0.3 is 0 Å². The van der Waals surface area contributed by atoms with Crippen LogP contribution < -0.4 is 5.73 Å². The molecule has 1 fully saturated rings. The van der Waals surface area contributed by atoms with Gasteiger partial charge in [0.25, 0.3) is 0 Å². The second-order valence-electron chi connectivity index (χ2n) is 4.90. The van der Waals surface area contributed by atoms with E-state index in [1.165, 1.54) is 0 Å². The second-order valence-corrected chi connectivity index (χ2v) is 7.56. The van der Waals surface area contributed by atoms with Gasteiger partial charge in [-0.05, 0) is 43.0 Å². The highest BCUT2D eigenvalue weighted by Crippen LogP contribution is 2.32. The first-order valence-corrected chi connectivity index (χ1v) is 8.28. The highest BCUT2D eigenvalue weighted by atomic mass is 35.5. The fourth-order valence-corrected chi connectivity index (χ4v) is 5.02. The van der Waals surface area contributed by atoms with Crippen molar-refractivity contribution in [2.75, 3.05) is 6.54 Å². The van der Waals surface area contributed by atoms with Crippen LogP contribution in [0.1, 0.15) is 24.8 Å². The molecule has 18 heavy (non-hydrogen) atoms. The van der Waals surface area contributed by atoms with Crippen molar-refractivity contribution in [3.63, 3.8) is 0 Å². The van der Waals surface area contributed by atoms with Crippen molar-refractivity contribution in [1.82, 2.24) is 0 Å². The van der Waals surface area contributed by atoms with Crippen LogP contribution >= 0.6 is 11.6 Å². The minimum Gasteiger partial charge on any atom is -0.330 e. The Bertz CT molecular complexity index is 498. The second kappa shape index (κ2) is 5.59. The van der Waals surface area contributed by atoms with Crippen LogP contribution in [0.5, 0.6) is 0 Å². The van der Waals surface area contributed by atoms with E-state index >= 15 is 0 Å². The zero-order valence-electron chi connectivity index (χ0n) is 10.2. The Morgan fingerprint density at radius 3 is 2.50 bits per heavy atom. The van der Waals surface area contributed by atoms with Crippen LogP contribution in [0.4, 0.5) is 0 Å². The van der Waals surface area contributed by atoms with Crippen LogP contribution in [0.15, 0.2) is 24.3 Å². The summed E-state index contributed by atoms with van der Waals surface area (Å²) < 4.78 is 24.7. The van der Waals surface area contributed by atoms with E-state index in [9.17, 15) is 8.42 Å². The van der Waals surface area contributed by atoms with Crippen LogP contribution in [-0.4, -0.2) is 20.2 Å². The lowest BCUT2D eigenvalue weighted by Crippen LogP contribution is -2.31. The Balaban J connectivity index is 2.14. The van der Waals surface area contributed by atoms with E-state index in [0.29, 0.717) is 11.6 Å². The average molecular weight is 288 g/mol. The molecule has 2 rings (SSSR count). The molecule has 0 aromatic heterocycles. The third kappa shape index (κ3) is 3.05. The van der Waals surface area contributed by atoms with Crippen LogP contribution in [0.3, 0.4) is 0 Å². The third-order valence-electron chi connectivity index (χ3n) is 3.63. The van der Waals surface area contributed by atoms with Gasteiger partial charge in [-0.1, -0.05) is 30.2 Å². The van der Waals surface area contributed by atoms with Gasteiger partial charge in [-0.15, -0.1) is 0 Å². The standard InChI is InChI=1S/C13H18ClNO2S/c14-12-6-4-10(5-7-12)9-18(16,17)13-3-1-2-11(13)8-15/h4-7,11,13H,1-3,8-9,15H2. The maximum absolute atomic E-state index is 12.4. The first kappa shape index (κ1) is 13.8. The molecule has 1 aliphatic carbocycles. The normalized spacial score (nSPS) is 24.3. The number of halogens is 1. The third-order valence-corrected chi connectivity index (χ3v) is 6.17. The van der Waals surface area contributed by atoms with E-state index in [-0.39, 0.29) is 16.9 Å². The molecule has 0 bridgehead atoms. The number of nitrogens with two attached hydrogens (primary N) is 1. The molecule has 2 unspecified atom stereocenters. The molecule has 0 spiro atoms. The molecule has 3 nitrogen and oxygen atoms in total. The van der Waals surface area contributed by atoms with Gasteiger partial charge in [0.05, 0.1) is 11.0 Å². The van der Waals surface area contributed by atoms with E-state index in [2.05, 4.69) is 0 Å². The molecule has 5 heteroatoms. The van der Waals surface area contributed by atoms with Crippen molar-refractivity contribution < 1.29 is 8.42 Å². The smallest absolute Gasteiger partial charge is 0.157 e. The van der Waals surface area contributed by atoms with Gasteiger partial charge in [0, 0.05) is 5.02 Å². The lowest BCUT2D eigenvalue weighted by atomic mass is 10.1. The summed E-state index contributed by atoms with van der Waals surface area (Å²) in [5.41, 5.74) is 6.45. The van der Waals surface area contributed by atoms with E-state index in [4.69, 9.17) is 17.3 Å². The van der Waals surface area contributed by atoms with Gasteiger partial charge in [0.2, 0.25) is 0 Å². The van der Waals surface area contributed by atoms with Crippen LogP contribution in [0, 0.1) is 5.92 Å². The minimum atomic E-state index is -3.11. The molecular weight excluding hydrogens is 270 g/mol. The molecule has 0 saturated heterocycles. The van der Waals surface area contributed by atoms with E-state index < -0.39 is 9.84 Å². The van der Waals surface area contributed by atoms with E-state index in [1.54, 1.807) is 24.3 Å². The maximum Gasteiger partial charge on any atom is 0.157 e. The molecule has 0 heterocycles. The molecule has 2 atom stereocenters. The van der Waals surface area contributed by atoms with Crippen LogP contribution in [-0.2, 0) is 15.6 Å². The largest absolute Gasteiger partial charge is 0.330 e. The number of benzene rings is 1. The van der Waals surface area contributed by atoms with Crippen LogP contribution in [0.2, 0.25) is 5.02 Å². The molecule has 1 saturated carbocycles. The molecule has 0 radical (unpaired) electrons. The highest BCUT2D eigenvalue weighted by molar-refractivity contribution is 7.91. The molecule has 0 aliphatic heterocycles. The topological polar surface area (TPSA) is 60.2 Å². The van der Waals surface area contributed by atoms with E-state index in [1.807, 2.05) is 0 Å². The Kier molecular flexibility index (Phi) is 4.30. The van der Waals surface area contributed by atoms with Gasteiger partial charge in [-0.2, -0.15) is 0 Å². The van der Waals surface area contributed by atoms with Crippen molar-refractivity contribution in [3.05, 3.63) is 34.9 Å². The Hall–Kier alpha value is -0.580. The molecule has 1 aromatic rings.